The second-order valence-electron chi connectivity index (χ2n) is 5.81. The monoisotopic (exact) mass is 399 g/mol. The van der Waals surface area contributed by atoms with Crippen molar-refractivity contribution in [3.8, 4) is 5.75 Å². The molecule has 3 aromatic rings. The molecule has 1 N–H and O–H groups in total. The number of benzene rings is 2. The molecule has 0 spiro atoms. The summed E-state index contributed by atoms with van der Waals surface area (Å²) in [7, 11) is 1.66. The zero-order valence-electron chi connectivity index (χ0n) is 15.1. The first-order valence-corrected chi connectivity index (χ1v) is 10.5. The van der Waals surface area contributed by atoms with Gasteiger partial charge < -0.3 is 10.1 Å². The third-order valence-electron chi connectivity index (χ3n) is 3.84. The van der Waals surface area contributed by atoms with Crippen molar-refractivity contribution in [3.63, 3.8) is 0 Å². The third kappa shape index (κ3) is 6.37. The lowest BCUT2D eigenvalue weighted by Crippen LogP contribution is -2.11. The number of ether oxygens (including phenoxy) is 1. The van der Waals surface area contributed by atoms with Gasteiger partial charge in [0.05, 0.1) is 7.11 Å². The van der Waals surface area contributed by atoms with Gasteiger partial charge in [-0.05, 0) is 36.2 Å². The molecule has 0 aliphatic heterocycles. The van der Waals surface area contributed by atoms with Crippen LogP contribution in [0, 0.1) is 0 Å². The molecule has 0 saturated heterocycles. The number of anilines is 1. The number of aromatic nitrogens is 2. The number of methoxy groups -OCH3 is 1. The molecule has 7 heteroatoms. The lowest BCUT2D eigenvalue weighted by atomic mass is 10.1. The van der Waals surface area contributed by atoms with E-state index in [9.17, 15) is 4.79 Å². The van der Waals surface area contributed by atoms with Crippen molar-refractivity contribution in [2.75, 3.05) is 18.2 Å². The second kappa shape index (κ2) is 10.1. The highest BCUT2D eigenvalue weighted by atomic mass is 32.2. The highest BCUT2D eigenvalue weighted by Crippen LogP contribution is 2.20. The van der Waals surface area contributed by atoms with Crippen molar-refractivity contribution in [3.05, 3.63) is 65.2 Å². The highest BCUT2D eigenvalue weighted by Gasteiger charge is 2.09. The van der Waals surface area contributed by atoms with Crippen LogP contribution in [-0.4, -0.2) is 29.0 Å². The molecule has 3 rings (SSSR count). The minimum atomic E-state index is -0.0312. The van der Waals surface area contributed by atoms with E-state index in [0.717, 1.165) is 29.4 Å². The Morgan fingerprint density at radius 2 is 1.85 bits per heavy atom. The molecule has 27 heavy (non-hydrogen) atoms. The van der Waals surface area contributed by atoms with Crippen LogP contribution < -0.4 is 10.1 Å². The summed E-state index contributed by atoms with van der Waals surface area (Å²) in [6.45, 7) is 0. The smallest absolute Gasteiger partial charge is 0.227 e. The molecular formula is C20H21N3O2S2. The van der Waals surface area contributed by atoms with Crippen molar-refractivity contribution in [2.45, 2.75) is 24.2 Å². The third-order valence-corrected chi connectivity index (χ3v) is 5.75. The first-order chi connectivity index (χ1) is 13.2. The van der Waals surface area contributed by atoms with E-state index in [1.807, 2.05) is 54.6 Å². The second-order valence-corrected chi connectivity index (χ2v) is 8.04. The van der Waals surface area contributed by atoms with Gasteiger partial charge >= 0.3 is 0 Å². The fourth-order valence-electron chi connectivity index (χ4n) is 2.41. The molecule has 140 valence electrons. The summed E-state index contributed by atoms with van der Waals surface area (Å²) in [5, 5.41) is 12.6. The molecule has 1 amide bonds. The van der Waals surface area contributed by atoms with Crippen molar-refractivity contribution in [1.29, 1.82) is 0 Å². The van der Waals surface area contributed by atoms with Gasteiger partial charge in [-0.25, -0.2) is 0 Å². The minimum Gasteiger partial charge on any atom is -0.497 e. The van der Waals surface area contributed by atoms with Gasteiger partial charge in [-0.15, -0.1) is 22.0 Å². The number of carbonyl (C=O) groups excluding carboxylic acids is 1. The van der Waals surface area contributed by atoms with E-state index in [4.69, 9.17) is 4.74 Å². The van der Waals surface area contributed by atoms with Crippen LogP contribution in [-0.2, 0) is 17.6 Å². The summed E-state index contributed by atoms with van der Waals surface area (Å²) in [6, 6.07) is 18.1. The zero-order chi connectivity index (χ0) is 18.9. The van der Waals surface area contributed by atoms with Crippen molar-refractivity contribution in [2.24, 2.45) is 0 Å². The van der Waals surface area contributed by atoms with Crippen LogP contribution in [0.15, 0.2) is 59.5 Å². The van der Waals surface area contributed by atoms with Crippen LogP contribution in [0.3, 0.4) is 0 Å². The molecule has 2 aromatic carbocycles. The average Bonchev–Trinajstić information content (AvgIpc) is 3.15. The Kier molecular flexibility index (Phi) is 7.24. The van der Waals surface area contributed by atoms with Crippen molar-refractivity contribution >= 4 is 34.1 Å². The Balaban J connectivity index is 1.41. The summed E-state index contributed by atoms with van der Waals surface area (Å²) >= 11 is 3.10. The van der Waals surface area contributed by atoms with E-state index < -0.39 is 0 Å². The van der Waals surface area contributed by atoms with Crippen LogP contribution in [0.5, 0.6) is 5.75 Å². The number of thioether (sulfide) groups is 1. The summed E-state index contributed by atoms with van der Waals surface area (Å²) in [5.41, 5.74) is 1.22. The molecule has 0 aliphatic carbocycles. The highest BCUT2D eigenvalue weighted by molar-refractivity contribution is 7.99. The minimum absolute atomic E-state index is 0.0312. The predicted molar refractivity (Wildman–Crippen MR) is 111 cm³/mol. The quantitative estimate of drug-likeness (QED) is 0.539. The van der Waals surface area contributed by atoms with Gasteiger partial charge in [0, 0.05) is 23.5 Å². The number of nitrogens with one attached hydrogen (secondary N) is 1. The molecule has 0 atom stereocenters. The van der Waals surface area contributed by atoms with Gasteiger partial charge in [0.25, 0.3) is 0 Å². The van der Waals surface area contributed by atoms with Gasteiger partial charge in [0.15, 0.2) is 0 Å². The van der Waals surface area contributed by atoms with Gasteiger partial charge in [0.1, 0.15) is 10.8 Å². The molecule has 5 nitrogen and oxygen atoms in total. The number of aryl methyl sites for hydroxylation is 2. The summed E-state index contributed by atoms with van der Waals surface area (Å²) in [6.07, 6.45) is 2.12. The normalized spacial score (nSPS) is 10.6. The Hall–Kier alpha value is -2.38. The summed E-state index contributed by atoms with van der Waals surface area (Å²) in [4.78, 5) is 13.2. The predicted octanol–water partition coefficient (Wildman–Crippen LogP) is 4.45. The number of hydrogen-bond acceptors (Lipinski definition) is 6. The van der Waals surface area contributed by atoms with Gasteiger partial charge in [-0.3, -0.25) is 4.79 Å². The molecular weight excluding hydrogens is 378 g/mol. The number of nitrogens with zero attached hydrogens (tertiary/aromatic N) is 2. The molecule has 0 saturated carbocycles. The van der Waals surface area contributed by atoms with Crippen LogP contribution in [0.2, 0.25) is 0 Å². The van der Waals surface area contributed by atoms with E-state index in [1.54, 1.807) is 18.9 Å². The Bertz CT molecular complexity index is 851. The van der Waals surface area contributed by atoms with Gasteiger partial charge in [-0.1, -0.05) is 41.7 Å². The van der Waals surface area contributed by atoms with Gasteiger partial charge in [-0.2, -0.15) is 0 Å². The molecule has 0 fully saturated rings. The summed E-state index contributed by atoms with van der Waals surface area (Å²) < 4.78 is 5.16. The lowest BCUT2D eigenvalue weighted by Gasteiger charge is -2.02. The number of rotatable bonds is 9. The molecule has 0 radical (unpaired) electrons. The fourth-order valence-corrected chi connectivity index (χ4v) is 4.04. The average molecular weight is 400 g/mol. The SMILES string of the molecule is COc1ccc(CCc2nnc(NC(=O)CCSc3ccccc3)s2)cc1. The van der Waals surface area contributed by atoms with Crippen LogP contribution in [0.25, 0.3) is 0 Å². The van der Waals surface area contributed by atoms with E-state index in [2.05, 4.69) is 15.5 Å². The molecule has 1 heterocycles. The maximum absolute atomic E-state index is 12.1. The molecule has 0 unspecified atom stereocenters. The summed E-state index contributed by atoms with van der Waals surface area (Å²) in [5.74, 6) is 1.56. The first-order valence-electron chi connectivity index (χ1n) is 8.66. The number of carbonyl (C=O) groups is 1. The maximum Gasteiger partial charge on any atom is 0.227 e. The standard InChI is InChI=1S/C20H21N3O2S2/c1-25-16-10-7-15(8-11-16)9-12-19-22-23-20(27-19)21-18(24)13-14-26-17-5-3-2-4-6-17/h2-8,10-11H,9,12-14H2,1H3,(H,21,23,24). The van der Waals surface area contributed by atoms with Crippen molar-refractivity contribution in [1.82, 2.24) is 10.2 Å². The van der Waals surface area contributed by atoms with Crippen molar-refractivity contribution < 1.29 is 9.53 Å². The van der Waals surface area contributed by atoms with E-state index in [-0.39, 0.29) is 5.91 Å². The zero-order valence-corrected chi connectivity index (χ0v) is 16.7. The van der Waals surface area contributed by atoms with Gasteiger partial charge in [0.2, 0.25) is 11.0 Å². The van der Waals surface area contributed by atoms with Crippen LogP contribution in [0.1, 0.15) is 17.0 Å². The fraction of sp³-hybridized carbons (Fsp3) is 0.250. The first kappa shape index (κ1) is 19.4. The number of hydrogen-bond donors (Lipinski definition) is 1. The van der Waals surface area contributed by atoms with Crippen LogP contribution >= 0.6 is 23.1 Å². The molecule has 1 aromatic heterocycles. The van der Waals surface area contributed by atoms with E-state index in [1.165, 1.54) is 21.8 Å². The maximum atomic E-state index is 12.1. The topological polar surface area (TPSA) is 64.1 Å². The number of amides is 1. The lowest BCUT2D eigenvalue weighted by molar-refractivity contribution is -0.115. The van der Waals surface area contributed by atoms with E-state index >= 15 is 0 Å². The van der Waals surface area contributed by atoms with Crippen LogP contribution in [0.4, 0.5) is 5.13 Å². The Morgan fingerprint density at radius 1 is 1.07 bits per heavy atom. The Labute approximate surface area is 167 Å². The molecule has 0 aliphatic rings. The molecule has 0 bridgehead atoms. The van der Waals surface area contributed by atoms with E-state index in [0.29, 0.717) is 11.6 Å². The Morgan fingerprint density at radius 3 is 2.59 bits per heavy atom. The largest absolute Gasteiger partial charge is 0.497 e.